The summed E-state index contributed by atoms with van der Waals surface area (Å²) in [5.41, 5.74) is 2.18. The molecule has 0 bridgehead atoms. The maximum absolute atomic E-state index is 13.6. The van der Waals surface area contributed by atoms with E-state index >= 15 is 0 Å². The van der Waals surface area contributed by atoms with Crippen molar-refractivity contribution in [1.29, 1.82) is 0 Å². The molecule has 0 saturated heterocycles. The fourth-order valence-electron chi connectivity index (χ4n) is 3.60. The number of amides is 1. The van der Waals surface area contributed by atoms with Crippen LogP contribution in [0.5, 0.6) is 0 Å². The van der Waals surface area contributed by atoms with Gasteiger partial charge in [-0.3, -0.25) is 9.10 Å². The number of nitrogens with zero attached hydrogens (tertiary/aromatic N) is 1. The predicted molar refractivity (Wildman–Crippen MR) is 134 cm³/mol. The van der Waals surface area contributed by atoms with E-state index in [2.05, 4.69) is 19.2 Å². The van der Waals surface area contributed by atoms with Crippen LogP contribution in [0.15, 0.2) is 83.8 Å². The Hall–Kier alpha value is -2.83. The molecule has 0 aliphatic heterocycles. The Morgan fingerprint density at radius 3 is 2.15 bits per heavy atom. The zero-order valence-corrected chi connectivity index (χ0v) is 20.6. The van der Waals surface area contributed by atoms with E-state index in [-0.39, 0.29) is 28.2 Å². The zero-order valence-electron chi connectivity index (χ0n) is 19.0. The van der Waals surface area contributed by atoms with Gasteiger partial charge in [-0.15, -0.1) is 0 Å². The van der Waals surface area contributed by atoms with Gasteiger partial charge >= 0.3 is 0 Å². The molecule has 0 aliphatic carbocycles. The van der Waals surface area contributed by atoms with E-state index in [0.29, 0.717) is 5.92 Å². The number of carbonyl (C=O) groups excluding carboxylic acids is 1. The molecule has 0 aromatic heterocycles. The molecule has 3 aromatic carbocycles. The van der Waals surface area contributed by atoms with Gasteiger partial charge in [-0.2, -0.15) is 0 Å². The number of benzene rings is 3. The third-order valence-corrected chi connectivity index (χ3v) is 7.36. The fraction of sp³-hybridized carbons (Fsp3) is 0.269. The lowest BCUT2D eigenvalue weighted by Crippen LogP contribution is -2.42. The van der Waals surface area contributed by atoms with Gasteiger partial charge in [0.2, 0.25) is 5.91 Å². The first kappa shape index (κ1) is 24.8. The second-order valence-corrected chi connectivity index (χ2v) is 10.7. The smallest absolute Gasteiger partial charge is 0.264 e. The first-order chi connectivity index (χ1) is 15.7. The third kappa shape index (κ3) is 6.36. The molecule has 0 spiro atoms. The Labute approximate surface area is 201 Å². The molecule has 1 atom stereocenters. The minimum atomic E-state index is -4.02. The molecule has 0 unspecified atom stereocenters. The van der Waals surface area contributed by atoms with Crippen molar-refractivity contribution in [2.24, 2.45) is 5.92 Å². The van der Waals surface area contributed by atoms with E-state index < -0.39 is 15.9 Å². The summed E-state index contributed by atoms with van der Waals surface area (Å²) in [5.74, 6) is -0.0634. The lowest BCUT2D eigenvalue weighted by atomic mass is 9.97. The van der Waals surface area contributed by atoms with Crippen molar-refractivity contribution in [3.05, 3.63) is 95.0 Å². The average Bonchev–Trinajstić information content (AvgIpc) is 2.78. The molecule has 3 rings (SSSR count). The van der Waals surface area contributed by atoms with Crippen molar-refractivity contribution in [3.63, 3.8) is 0 Å². The number of rotatable bonds is 9. The van der Waals surface area contributed by atoms with Gasteiger partial charge in [0.05, 0.1) is 21.6 Å². The number of nitrogens with one attached hydrogen (secondary N) is 1. The molecule has 7 heteroatoms. The lowest BCUT2D eigenvalue weighted by Gasteiger charge is -2.27. The van der Waals surface area contributed by atoms with E-state index in [4.69, 9.17) is 11.6 Å². The Morgan fingerprint density at radius 1 is 0.939 bits per heavy atom. The van der Waals surface area contributed by atoms with E-state index in [1.54, 1.807) is 36.4 Å². The van der Waals surface area contributed by atoms with Crippen LogP contribution in [-0.4, -0.2) is 20.9 Å². The molecule has 0 saturated carbocycles. The van der Waals surface area contributed by atoms with Crippen LogP contribution in [0.2, 0.25) is 5.02 Å². The predicted octanol–water partition coefficient (Wildman–Crippen LogP) is 5.75. The number of anilines is 1. The molecular formula is C26H29ClN2O3S. The van der Waals surface area contributed by atoms with Gasteiger partial charge in [-0.05, 0) is 49.1 Å². The summed E-state index contributed by atoms with van der Waals surface area (Å²) in [5, 5.41) is 3.28. The molecule has 1 amide bonds. The highest BCUT2D eigenvalue weighted by molar-refractivity contribution is 7.92. The number of sulfonamides is 1. The van der Waals surface area contributed by atoms with E-state index in [0.717, 1.165) is 21.9 Å². The van der Waals surface area contributed by atoms with E-state index in [1.165, 1.54) is 12.1 Å². The molecule has 0 radical (unpaired) electrons. The Balaban J connectivity index is 1.94. The highest BCUT2D eigenvalue weighted by Crippen LogP contribution is 2.30. The van der Waals surface area contributed by atoms with Crippen molar-refractivity contribution >= 4 is 33.2 Å². The summed E-state index contributed by atoms with van der Waals surface area (Å²) in [6.45, 7) is 5.66. The van der Waals surface area contributed by atoms with Crippen LogP contribution in [0.3, 0.4) is 0 Å². The van der Waals surface area contributed by atoms with Crippen molar-refractivity contribution in [3.8, 4) is 0 Å². The minimum Gasteiger partial charge on any atom is -0.348 e. The molecule has 174 valence electrons. The van der Waals surface area contributed by atoms with Gasteiger partial charge < -0.3 is 5.32 Å². The maximum atomic E-state index is 13.6. The molecule has 0 fully saturated rings. The van der Waals surface area contributed by atoms with Gasteiger partial charge in [0.25, 0.3) is 10.0 Å². The second kappa shape index (κ2) is 10.9. The SMILES string of the molecule is Cc1ccc(S(=O)(=O)N(CC(=O)N[C@H](CC(C)C)c2ccccc2)c2ccccc2Cl)cc1. The van der Waals surface area contributed by atoms with Crippen LogP contribution < -0.4 is 9.62 Å². The van der Waals surface area contributed by atoms with Gasteiger partial charge in [0.15, 0.2) is 0 Å². The standard InChI is InChI=1S/C26H29ClN2O3S/c1-19(2)17-24(21-9-5-4-6-10-21)28-26(30)18-29(25-12-8-7-11-23(25)27)33(31,32)22-15-13-20(3)14-16-22/h4-16,19,24H,17-18H2,1-3H3,(H,28,30)/t24-/m1/s1. The number of halogens is 1. The van der Waals surface area contributed by atoms with Crippen molar-refractivity contribution < 1.29 is 13.2 Å². The van der Waals surface area contributed by atoms with Crippen LogP contribution in [0.4, 0.5) is 5.69 Å². The first-order valence-corrected chi connectivity index (χ1v) is 12.7. The topological polar surface area (TPSA) is 66.5 Å². The first-order valence-electron chi connectivity index (χ1n) is 10.9. The number of aryl methyl sites for hydroxylation is 1. The minimum absolute atomic E-state index is 0.0996. The highest BCUT2D eigenvalue weighted by Gasteiger charge is 2.29. The summed E-state index contributed by atoms with van der Waals surface area (Å²) in [4.78, 5) is 13.3. The summed E-state index contributed by atoms with van der Waals surface area (Å²) >= 11 is 6.35. The van der Waals surface area contributed by atoms with Gasteiger partial charge in [-0.25, -0.2) is 8.42 Å². The Morgan fingerprint density at radius 2 is 1.55 bits per heavy atom. The van der Waals surface area contributed by atoms with Gasteiger partial charge in [0, 0.05) is 0 Å². The summed E-state index contributed by atoms with van der Waals surface area (Å²) in [6.07, 6.45) is 0.729. The Kier molecular flexibility index (Phi) is 8.16. The Bertz CT molecular complexity index is 1180. The summed E-state index contributed by atoms with van der Waals surface area (Å²) < 4.78 is 28.2. The number of hydrogen-bond acceptors (Lipinski definition) is 3. The largest absolute Gasteiger partial charge is 0.348 e. The maximum Gasteiger partial charge on any atom is 0.264 e. The number of carbonyl (C=O) groups is 1. The van der Waals surface area contributed by atoms with Crippen LogP contribution in [0, 0.1) is 12.8 Å². The van der Waals surface area contributed by atoms with Crippen LogP contribution in [0.1, 0.15) is 37.4 Å². The average molecular weight is 485 g/mol. The molecule has 0 heterocycles. The fourth-order valence-corrected chi connectivity index (χ4v) is 5.32. The molecular weight excluding hydrogens is 456 g/mol. The molecule has 33 heavy (non-hydrogen) atoms. The summed E-state index contributed by atoms with van der Waals surface area (Å²) in [6, 6.07) is 22.6. The third-order valence-electron chi connectivity index (χ3n) is 5.26. The lowest BCUT2D eigenvalue weighted by molar-refractivity contribution is -0.120. The molecule has 5 nitrogen and oxygen atoms in total. The quantitative estimate of drug-likeness (QED) is 0.420. The van der Waals surface area contributed by atoms with Crippen LogP contribution in [0.25, 0.3) is 0 Å². The number of hydrogen-bond donors (Lipinski definition) is 1. The molecule has 1 N–H and O–H groups in total. The highest BCUT2D eigenvalue weighted by atomic mass is 35.5. The normalized spacial score (nSPS) is 12.4. The monoisotopic (exact) mass is 484 g/mol. The van der Waals surface area contributed by atoms with Gasteiger partial charge in [-0.1, -0.05) is 85.6 Å². The molecule has 3 aromatic rings. The summed E-state index contributed by atoms with van der Waals surface area (Å²) in [7, 11) is -4.02. The molecule has 0 aliphatic rings. The van der Waals surface area contributed by atoms with E-state index in [1.807, 2.05) is 37.3 Å². The van der Waals surface area contributed by atoms with Crippen LogP contribution >= 0.6 is 11.6 Å². The van der Waals surface area contributed by atoms with Crippen molar-refractivity contribution in [1.82, 2.24) is 5.32 Å². The van der Waals surface area contributed by atoms with Crippen LogP contribution in [-0.2, 0) is 14.8 Å². The van der Waals surface area contributed by atoms with Crippen molar-refractivity contribution in [2.75, 3.05) is 10.8 Å². The van der Waals surface area contributed by atoms with Gasteiger partial charge in [0.1, 0.15) is 6.54 Å². The van der Waals surface area contributed by atoms with E-state index in [9.17, 15) is 13.2 Å². The second-order valence-electron chi connectivity index (χ2n) is 8.44. The number of para-hydroxylation sites is 1. The zero-order chi connectivity index (χ0) is 24.0. The van der Waals surface area contributed by atoms with Crippen molar-refractivity contribution in [2.45, 2.75) is 38.1 Å².